The SMILES string of the molecule is OC(O)(C1CCCN1)C(F)(F)F. The summed E-state index contributed by atoms with van der Waals surface area (Å²) in [5, 5.41) is 19.8. The van der Waals surface area contributed by atoms with Crippen molar-refractivity contribution in [3.05, 3.63) is 0 Å². The fraction of sp³-hybridized carbons (Fsp3) is 1.00. The van der Waals surface area contributed by atoms with Crippen molar-refractivity contribution in [1.29, 1.82) is 0 Å². The molecule has 0 aromatic rings. The van der Waals surface area contributed by atoms with Crippen molar-refractivity contribution >= 4 is 0 Å². The van der Waals surface area contributed by atoms with Crippen LogP contribution in [0.25, 0.3) is 0 Å². The average Bonchev–Trinajstić information content (AvgIpc) is 2.34. The van der Waals surface area contributed by atoms with Crippen molar-refractivity contribution < 1.29 is 23.4 Å². The molecule has 0 bridgehead atoms. The van der Waals surface area contributed by atoms with E-state index in [0.717, 1.165) is 0 Å². The van der Waals surface area contributed by atoms with Gasteiger partial charge in [-0.2, -0.15) is 13.2 Å². The first-order chi connectivity index (χ1) is 5.36. The minimum Gasteiger partial charge on any atom is -0.357 e. The number of aliphatic hydroxyl groups is 2. The molecule has 1 saturated heterocycles. The Kier molecular flexibility index (Phi) is 2.33. The molecule has 0 aliphatic carbocycles. The second-order valence-corrected chi connectivity index (χ2v) is 2.87. The van der Waals surface area contributed by atoms with E-state index in [9.17, 15) is 13.2 Å². The summed E-state index contributed by atoms with van der Waals surface area (Å²) in [6, 6.07) is -1.29. The first-order valence-electron chi connectivity index (χ1n) is 3.60. The summed E-state index contributed by atoms with van der Waals surface area (Å²) < 4.78 is 35.8. The molecule has 0 spiro atoms. The molecule has 1 fully saturated rings. The summed E-state index contributed by atoms with van der Waals surface area (Å²) in [5.74, 6) is -3.59. The maximum absolute atomic E-state index is 11.9. The molecule has 0 amide bonds. The summed E-state index contributed by atoms with van der Waals surface area (Å²) in [4.78, 5) is 0. The van der Waals surface area contributed by atoms with Gasteiger partial charge in [0.1, 0.15) is 0 Å². The van der Waals surface area contributed by atoms with Gasteiger partial charge in [0.05, 0.1) is 6.04 Å². The summed E-state index contributed by atoms with van der Waals surface area (Å²) in [6.07, 6.45) is -4.33. The highest BCUT2D eigenvalue weighted by Crippen LogP contribution is 2.33. The highest BCUT2D eigenvalue weighted by molar-refractivity contribution is 4.91. The van der Waals surface area contributed by atoms with Gasteiger partial charge in [-0.1, -0.05) is 0 Å². The Labute approximate surface area is 67.2 Å². The lowest BCUT2D eigenvalue weighted by molar-refractivity contribution is -0.358. The predicted octanol–water partition coefficient (Wildman–Crippen LogP) is -0.0184. The molecule has 72 valence electrons. The molecule has 1 heterocycles. The van der Waals surface area contributed by atoms with Gasteiger partial charge >= 0.3 is 6.18 Å². The van der Waals surface area contributed by atoms with Gasteiger partial charge in [0.25, 0.3) is 5.79 Å². The predicted molar refractivity (Wildman–Crippen MR) is 34.2 cm³/mol. The van der Waals surface area contributed by atoms with Gasteiger partial charge in [-0.15, -0.1) is 0 Å². The molecule has 0 aromatic heterocycles. The molecular formula is C6H10F3NO2. The molecule has 3 nitrogen and oxygen atoms in total. The Bertz CT molecular complexity index is 163. The van der Waals surface area contributed by atoms with E-state index in [0.29, 0.717) is 13.0 Å². The topological polar surface area (TPSA) is 52.5 Å². The second-order valence-electron chi connectivity index (χ2n) is 2.87. The van der Waals surface area contributed by atoms with E-state index in [2.05, 4.69) is 5.32 Å². The fourth-order valence-electron chi connectivity index (χ4n) is 1.23. The Morgan fingerprint density at radius 2 is 1.83 bits per heavy atom. The third-order valence-corrected chi connectivity index (χ3v) is 1.96. The smallest absolute Gasteiger partial charge is 0.357 e. The van der Waals surface area contributed by atoms with Gasteiger partial charge in [0.2, 0.25) is 0 Å². The van der Waals surface area contributed by atoms with Crippen LogP contribution in [-0.2, 0) is 0 Å². The molecule has 0 radical (unpaired) electrons. The lowest BCUT2D eigenvalue weighted by Gasteiger charge is -2.30. The van der Waals surface area contributed by atoms with Crippen LogP contribution in [-0.4, -0.2) is 34.8 Å². The van der Waals surface area contributed by atoms with Crippen molar-refractivity contribution in [2.75, 3.05) is 6.54 Å². The van der Waals surface area contributed by atoms with E-state index < -0.39 is 18.0 Å². The van der Waals surface area contributed by atoms with E-state index in [1.165, 1.54) is 0 Å². The molecule has 0 aromatic carbocycles. The molecule has 1 aliphatic rings. The molecule has 12 heavy (non-hydrogen) atoms. The standard InChI is InChI=1S/C6H10F3NO2/c7-6(8,9)5(11,12)4-2-1-3-10-4/h4,10-12H,1-3H2. The minimum atomic E-state index is -4.99. The molecule has 1 rings (SSSR count). The Balaban J connectivity index is 2.69. The van der Waals surface area contributed by atoms with Crippen molar-refractivity contribution in [3.8, 4) is 0 Å². The molecule has 3 N–H and O–H groups in total. The zero-order valence-corrected chi connectivity index (χ0v) is 6.23. The zero-order chi connectivity index (χ0) is 9.41. The largest absolute Gasteiger partial charge is 0.444 e. The zero-order valence-electron chi connectivity index (χ0n) is 6.23. The maximum atomic E-state index is 11.9. The summed E-state index contributed by atoms with van der Waals surface area (Å²) in [6.45, 7) is 0.392. The van der Waals surface area contributed by atoms with Crippen LogP contribution in [0.2, 0.25) is 0 Å². The lowest BCUT2D eigenvalue weighted by atomic mass is 10.1. The van der Waals surface area contributed by atoms with Crippen LogP contribution in [0, 0.1) is 0 Å². The van der Waals surface area contributed by atoms with E-state index in [4.69, 9.17) is 10.2 Å². The highest BCUT2D eigenvalue weighted by atomic mass is 19.4. The fourth-order valence-corrected chi connectivity index (χ4v) is 1.23. The van der Waals surface area contributed by atoms with Gasteiger partial charge in [0.15, 0.2) is 0 Å². The average molecular weight is 185 g/mol. The van der Waals surface area contributed by atoms with Crippen LogP contribution in [0.4, 0.5) is 13.2 Å². The van der Waals surface area contributed by atoms with Gasteiger partial charge in [-0.25, -0.2) is 0 Å². The van der Waals surface area contributed by atoms with Crippen molar-refractivity contribution in [3.63, 3.8) is 0 Å². The van der Waals surface area contributed by atoms with Crippen LogP contribution < -0.4 is 5.32 Å². The van der Waals surface area contributed by atoms with Crippen molar-refractivity contribution in [2.45, 2.75) is 30.8 Å². The first kappa shape index (κ1) is 9.76. The lowest BCUT2D eigenvalue weighted by Crippen LogP contribution is -2.57. The van der Waals surface area contributed by atoms with Crippen LogP contribution in [0.3, 0.4) is 0 Å². The van der Waals surface area contributed by atoms with Crippen LogP contribution in [0.1, 0.15) is 12.8 Å². The maximum Gasteiger partial charge on any atom is 0.444 e. The van der Waals surface area contributed by atoms with Crippen LogP contribution >= 0.6 is 0 Å². The normalized spacial score (nSPS) is 26.2. The molecule has 1 atom stereocenters. The van der Waals surface area contributed by atoms with E-state index in [1.807, 2.05) is 0 Å². The van der Waals surface area contributed by atoms with Gasteiger partial charge in [-0.05, 0) is 19.4 Å². The monoisotopic (exact) mass is 185 g/mol. The van der Waals surface area contributed by atoms with Crippen LogP contribution in [0.5, 0.6) is 0 Å². The van der Waals surface area contributed by atoms with Gasteiger partial charge in [0, 0.05) is 0 Å². The second kappa shape index (κ2) is 2.86. The minimum absolute atomic E-state index is 0.131. The number of rotatable bonds is 1. The third-order valence-electron chi connectivity index (χ3n) is 1.96. The van der Waals surface area contributed by atoms with Crippen LogP contribution in [0.15, 0.2) is 0 Å². The number of hydrogen-bond acceptors (Lipinski definition) is 3. The van der Waals surface area contributed by atoms with Gasteiger partial charge in [-0.3, -0.25) is 0 Å². The molecule has 6 heteroatoms. The number of nitrogens with one attached hydrogen (secondary N) is 1. The quantitative estimate of drug-likeness (QED) is 0.503. The third kappa shape index (κ3) is 1.55. The molecule has 0 saturated carbocycles. The van der Waals surface area contributed by atoms with Gasteiger partial charge < -0.3 is 15.5 Å². The summed E-state index contributed by atoms with van der Waals surface area (Å²) in [5.41, 5.74) is 0. The molecule has 1 aliphatic heterocycles. The highest BCUT2D eigenvalue weighted by Gasteiger charge is 2.58. The summed E-state index contributed by atoms with van der Waals surface area (Å²) in [7, 11) is 0. The van der Waals surface area contributed by atoms with E-state index in [1.54, 1.807) is 0 Å². The Morgan fingerprint density at radius 1 is 1.25 bits per heavy atom. The number of alkyl halides is 3. The van der Waals surface area contributed by atoms with Crippen molar-refractivity contribution in [1.82, 2.24) is 5.32 Å². The Hall–Kier alpha value is -0.330. The van der Waals surface area contributed by atoms with E-state index in [-0.39, 0.29) is 6.42 Å². The molecular weight excluding hydrogens is 175 g/mol. The number of halogens is 3. The Morgan fingerprint density at radius 3 is 2.17 bits per heavy atom. The number of hydrogen-bond donors (Lipinski definition) is 3. The summed E-state index contributed by atoms with van der Waals surface area (Å²) >= 11 is 0. The van der Waals surface area contributed by atoms with Crippen molar-refractivity contribution in [2.24, 2.45) is 0 Å². The van der Waals surface area contributed by atoms with E-state index >= 15 is 0 Å². The first-order valence-corrected chi connectivity index (χ1v) is 3.60. The molecule has 1 unspecified atom stereocenters.